The number of aryl methyl sites for hydroxylation is 1. The molecule has 7 nitrogen and oxygen atoms in total. The number of nitrogens with one attached hydrogen (secondary N) is 1. The molecule has 3 rings (SSSR count). The Morgan fingerprint density at radius 3 is 2.57 bits per heavy atom. The van der Waals surface area contributed by atoms with Gasteiger partial charge in [0.25, 0.3) is 0 Å². The molecule has 1 aromatic heterocycles. The molecule has 0 spiro atoms. The molecule has 0 aliphatic heterocycles. The molecule has 0 saturated carbocycles. The third kappa shape index (κ3) is 6.34. The fourth-order valence-electron chi connectivity index (χ4n) is 2.70. The molecular weight excluding hydrogens is 382 g/mol. The van der Waals surface area contributed by atoms with E-state index in [0.717, 1.165) is 11.3 Å². The van der Waals surface area contributed by atoms with Crippen molar-refractivity contribution in [3.8, 4) is 17.4 Å². The number of benzene rings is 2. The highest BCUT2D eigenvalue weighted by Crippen LogP contribution is 2.21. The maximum absolute atomic E-state index is 12.1. The minimum Gasteiger partial charge on any atom is -0.494 e. The molecule has 0 radical (unpaired) electrons. The Labute approximate surface area is 174 Å². The van der Waals surface area contributed by atoms with E-state index in [-0.39, 0.29) is 5.91 Å². The van der Waals surface area contributed by atoms with Crippen molar-refractivity contribution in [1.82, 2.24) is 4.98 Å². The molecular formula is C23H23N3O4. The monoisotopic (exact) mass is 405 g/mol. The van der Waals surface area contributed by atoms with Crippen molar-refractivity contribution in [2.45, 2.75) is 19.8 Å². The van der Waals surface area contributed by atoms with Gasteiger partial charge in [0.15, 0.2) is 0 Å². The van der Waals surface area contributed by atoms with Crippen LogP contribution in [0.15, 0.2) is 66.9 Å². The summed E-state index contributed by atoms with van der Waals surface area (Å²) < 4.78 is 11.3. The molecule has 2 amide bonds. The van der Waals surface area contributed by atoms with Gasteiger partial charge in [0.2, 0.25) is 17.7 Å². The highest BCUT2D eigenvalue weighted by atomic mass is 16.5. The minimum absolute atomic E-state index is 0.118. The van der Waals surface area contributed by atoms with E-state index in [2.05, 4.69) is 10.3 Å². The SMILES string of the molecule is Cc1cccc(OCCCC(=O)Nc2ccc(Oc3cccc(C(N)=O)c3)nc2)c1. The van der Waals surface area contributed by atoms with E-state index in [9.17, 15) is 9.59 Å². The van der Waals surface area contributed by atoms with E-state index < -0.39 is 5.91 Å². The average Bonchev–Trinajstić information content (AvgIpc) is 2.73. The van der Waals surface area contributed by atoms with Gasteiger partial charge in [0.05, 0.1) is 18.5 Å². The molecule has 7 heteroatoms. The molecule has 0 saturated heterocycles. The number of anilines is 1. The molecule has 3 N–H and O–H groups in total. The predicted molar refractivity (Wildman–Crippen MR) is 114 cm³/mol. The zero-order valence-electron chi connectivity index (χ0n) is 16.6. The minimum atomic E-state index is -0.532. The van der Waals surface area contributed by atoms with Crippen LogP contribution in [0.2, 0.25) is 0 Å². The Hall–Kier alpha value is -3.87. The molecule has 0 aliphatic carbocycles. The number of primary amides is 1. The van der Waals surface area contributed by atoms with Crippen LogP contribution in [-0.4, -0.2) is 23.4 Å². The summed E-state index contributed by atoms with van der Waals surface area (Å²) in [4.78, 5) is 27.5. The number of hydrogen-bond acceptors (Lipinski definition) is 5. The zero-order valence-corrected chi connectivity index (χ0v) is 16.6. The van der Waals surface area contributed by atoms with Crippen molar-refractivity contribution >= 4 is 17.5 Å². The number of amides is 2. The lowest BCUT2D eigenvalue weighted by atomic mass is 10.2. The molecule has 3 aromatic rings. The van der Waals surface area contributed by atoms with Crippen LogP contribution in [0.5, 0.6) is 17.4 Å². The van der Waals surface area contributed by atoms with Crippen LogP contribution >= 0.6 is 0 Å². The topological polar surface area (TPSA) is 104 Å². The molecule has 0 atom stereocenters. The van der Waals surface area contributed by atoms with E-state index in [1.807, 2.05) is 31.2 Å². The van der Waals surface area contributed by atoms with Crippen molar-refractivity contribution in [2.24, 2.45) is 5.73 Å². The summed E-state index contributed by atoms with van der Waals surface area (Å²) in [5.74, 6) is 0.935. The van der Waals surface area contributed by atoms with Gasteiger partial charge in [-0.05, 0) is 55.3 Å². The van der Waals surface area contributed by atoms with Crippen LogP contribution in [0.3, 0.4) is 0 Å². The fraction of sp³-hybridized carbons (Fsp3) is 0.174. The number of aromatic nitrogens is 1. The van der Waals surface area contributed by atoms with Crippen LogP contribution in [0.1, 0.15) is 28.8 Å². The largest absolute Gasteiger partial charge is 0.494 e. The predicted octanol–water partition coefficient (Wildman–Crippen LogP) is 4.08. The van der Waals surface area contributed by atoms with Crippen LogP contribution in [0.25, 0.3) is 0 Å². The van der Waals surface area contributed by atoms with Crippen LogP contribution < -0.4 is 20.5 Å². The molecule has 154 valence electrons. The number of hydrogen-bond donors (Lipinski definition) is 2. The quantitative estimate of drug-likeness (QED) is 0.522. The molecule has 0 unspecified atom stereocenters. The van der Waals surface area contributed by atoms with Crippen molar-refractivity contribution in [1.29, 1.82) is 0 Å². The third-order valence-electron chi connectivity index (χ3n) is 4.17. The van der Waals surface area contributed by atoms with Crippen molar-refractivity contribution in [3.63, 3.8) is 0 Å². The summed E-state index contributed by atoms with van der Waals surface area (Å²) in [5, 5.41) is 2.79. The Morgan fingerprint density at radius 2 is 1.83 bits per heavy atom. The maximum Gasteiger partial charge on any atom is 0.248 e. The number of nitrogens with zero attached hydrogens (tertiary/aromatic N) is 1. The van der Waals surface area contributed by atoms with Gasteiger partial charge in [0, 0.05) is 18.1 Å². The lowest BCUT2D eigenvalue weighted by Crippen LogP contribution is -2.13. The number of carbonyl (C=O) groups excluding carboxylic acids is 2. The van der Waals surface area contributed by atoms with Crippen molar-refractivity contribution < 1.29 is 19.1 Å². The number of pyridine rings is 1. The van der Waals surface area contributed by atoms with E-state index in [1.54, 1.807) is 36.4 Å². The maximum atomic E-state index is 12.1. The van der Waals surface area contributed by atoms with E-state index in [0.29, 0.717) is 42.3 Å². The van der Waals surface area contributed by atoms with Gasteiger partial charge in [0.1, 0.15) is 11.5 Å². The number of carbonyl (C=O) groups is 2. The molecule has 30 heavy (non-hydrogen) atoms. The van der Waals surface area contributed by atoms with E-state index >= 15 is 0 Å². The normalized spacial score (nSPS) is 10.3. The van der Waals surface area contributed by atoms with Gasteiger partial charge in [-0.15, -0.1) is 0 Å². The summed E-state index contributed by atoms with van der Waals surface area (Å²) in [5.41, 5.74) is 7.31. The van der Waals surface area contributed by atoms with Gasteiger partial charge >= 0.3 is 0 Å². The summed E-state index contributed by atoms with van der Waals surface area (Å²) in [6, 6.07) is 17.6. The van der Waals surface area contributed by atoms with Crippen LogP contribution in [-0.2, 0) is 4.79 Å². The number of nitrogens with two attached hydrogens (primary N) is 1. The Morgan fingerprint density at radius 1 is 1.03 bits per heavy atom. The summed E-state index contributed by atoms with van der Waals surface area (Å²) >= 11 is 0. The first-order valence-electron chi connectivity index (χ1n) is 9.53. The molecule has 0 aliphatic rings. The first-order valence-corrected chi connectivity index (χ1v) is 9.53. The first kappa shape index (κ1) is 20.9. The molecule has 2 aromatic carbocycles. The lowest BCUT2D eigenvalue weighted by Gasteiger charge is -2.09. The zero-order chi connectivity index (χ0) is 21.3. The van der Waals surface area contributed by atoms with Gasteiger partial charge in [-0.25, -0.2) is 4.98 Å². The van der Waals surface area contributed by atoms with E-state index in [4.69, 9.17) is 15.2 Å². The van der Waals surface area contributed by atoms with Crippen molar-refractivity contribution in [3.05, 3.63) is 78.0 Å². The first-order chi connectivity index (χ1) is 14.5. The highest BCUT2D eigenvalue weighted by Gasteiger charge is 2.06. The summed E-state index contributed by atoms with van der Waals surface area (Å²) in [7, 11) is 0. The fourth-order valence-corrected chi connectivity index (χ4v) is 2.70. The van der Waals surface area contributed by atoms with Gasteiger partial charge in [-0.2, -0.15) is 0 Å². The number of ether oxygens (including phenoxy) is 2. The Bertz CT molecular complexity index is 1020. The van der Waals surface area contributed by atoms with Crippen molar-refractivity contribution in [2.75, 3.05) is 11.9 Å². The number of rotatable bonds is 9. The molecule has 1 heterocycles. The molecule has 0 bridgehead atoms. The second kappa shape index (κ2) is 10.1. The lowest BCUT2D eigenvalue weighted by molar-refractivity contribution is -0.116. The second-order valence-corrected chi connectivity index (χ2v) is 6.70. The molecule has 0 fully saturated rings. The second-order valence-electron chi connectivity index (χ2n) is 6.70. The summed E-state index contributed by atoms with van der Waals surface area (Å²) in [6.45, 7) is 2.47. The van der Waals surface area contributed by atoms with Crippen LogP contribution in [0, 0.1) is 6.92 Å². The average molecular weight is 405 g/mol. The highest BCUT2D eigenvalue weighted by molar-refractivity contribution is 5.93. The third-order valence-corrected chi connectivity index (χ3v) is 4.17. The Balaban J connectivity index is 1.44. The summed E-state index contributed by atoms with van der Waals surface area (Å²) in [6.07, 6.45) is 2.45. The van der Waals surface area contributed by atoms with Gasteiger partial charge in [-0.3, -0.25) is 9.59 Å². The van der Waals surface area contributed by atoms with Crippen LogP contribution in [0.4, 0.5) is 5.69 Å². The van der Waals surface area contributed by atoms with Gasteiger partial charge < -0.3 is 20.5 Å². The smallest absolute Gasteiger partial charge is 0.248 e. The standard InChI is InChI=1S/C23H23N3O4/c1-16-5-2-7-19(13-16)29-12-4-9-21(27)26-18-10-11-22(25-15-18)30-20-8-3-6-17(14-20)23(24)28/h2-3,5-8,10-11,13-15H,4,9,12H2,1H3,(H2,24,28)(H,26,27). The Kier molecular flexibility index (Phi) is 7.00. The van der Waals surface area contributed by atoms with E-state index in [1.165, 1.54) is 6.20 Å². The van der Waals surface area contributed by atoms with Gasteiger partial charge in [-0.1, -0.05) is 18.2 Å².